The minimum absolute atomic E-state index is 0.0943. The fourth-order valence-electron chi connectivity index (χ4n) is 2.68. The molecule has 3 nitrogen and oxygen atoms in total. The molecule has 110 valence electrons. The molecule has 0 unspecified atom stereocenters. The Morgan fingerprint density at radius 3 is 2.11 bits per heavy atom. The third-order valence-electron chi connectivity index (χ3n) is 4.29. The van der Waals surface area contributed by atoms with E-state index in [0.717, 1.165) is 37.8 Å². The zero-order valence-corrected chi connectivity index (χ0v) is 12.9. The first-order valence-electron chi connectivity index (χ1n) is 7.72. The van der Waals surface area contributed by atoms with Crippen molar-refractivity contribution in [1.82, 2.24) is 4.90 Å². The van der Waals surface area contributed by atoms with Gasteiger partial charge in [0, 0.05) is 31.8 Å². The van der Waals surface area contributed by atoms with E-state index >= 15 is 0 Å². The lowest BCUT2D eigenvalue weighted by atomic mass is 9.86. The molecule has 3 heteroatoms. The molecular formula is C16H29NO2. The lowest BCUT2D eigenvalue weighted by Gasteiger charge is -2.34. The van der Waals surface area contributed by atoms with Crippen LogP contribution in [0.3, 0.4) is 0 Å². The summed E-state index contributed by atoms with van der Waals surface area (Å²) in [7, 11) is 0. The summed E-state index contributed by atoms with van der Waals surface area (Å²) in [6, 6.07) is 0. The molecule has 1 amide bonds. The smallest absolute Gasteiger partial charge is 0.222 e. The summed E-state index contributed by atoms with van der Waals surface area (Å²) in [6.07, 6.45) is 4.05. The van der Waals surface area contributed by atoms with Crippen molar-refractivity contribution in [3.8, 4) is 0 Å². The van der Waals surface area contributed by atoms with Crippen molar-refractivity contribution in [2.24, 2.45) is 17.8 Å². The zero-order valence-electron chi connectivity index (χ0n) is 12.9. The minimum atomic E-state index is 0.0943. The van der Waals surface area contributed by atoms with Crippen LogP contribution >= 0.6 is 0 Å². The van der Waals surface area contributed by atoms with E-state index < -0.39 is 0 Å². The molecule has 0 aromatic rings. The molecule has 0 spiro atoms. The van der Waals surface area contributed by atoms with Gasteiger partial charge in [-0.15, -0.1) is 0 Å². The van der Waals surface area contributed by atoms with Crippen LogP contribution in [0.5, 0.6) is 0 Å². The third kappa shape index (κ3) is 5.33. The Bertz CT molecular complexity index is 302. The number of hydrogen-bond acceptors (Lipinski definition) is 2. The molecule has 1 aliphatic rings. The van der Waals surface area contributed by atoms with Crippen molar-refractivity contribution < 1.29 is 9.59 Å². The topological polar surface area (TPSA) is 37.4 Å². The van der Waals surface area contributed by atoms with Gasteiger partial charge in [0.1, 0.15) is 5.78 Å². The van der Waals surface area contributed by atoms with Gasteiger partial charge in [0.25, 0.3) is 0 Å². The number of likely N-dealkylation sites (tertiary alicyclic amines) is 1. The largest absolute Gasteiger partial charge is 0.343 e. The molecule has 0 atom stereocenters. The van der Waals surface area contributed by atoms with Crippen molar-refractivity contribution in [2.75, 3.05) is 13.1 Å². The van der Waals surface area contributed by atoms with Gasteiger partial charge in [-0.3, -0.25) is 9.59 Å². The first-order chi connectivity index (χ1) is 8.91. The highest BCUT2D eigenvalue weighted by atomic mass is 16.2. The maximum Gasteiger partial charge on any atom is 0.222 e. The predicted octanol–water partition coefficient (Wildman–Crippen LogP) is 3.28. The van der Waals surface area contributed by atoms with Gasteiger partial charge in [-0.05, 0) is 31.1 Å². The number of hydrogen-bond donors (Lipinski definition) is 0. The Labute approximate surface area is 117 Å². The van der Waals surface area contributed by atoms with E-state index in [9.17, 15) is 9.59 Å². The summed E-state index contributed by atoms with van der Waals surface area (Å²) >= 11 is 0. The number of Topliss-reactive ketones (excluding diaryl/α,β-unsaturated/α-hetero) is 1. The zero-order chi connectivity index (χ0) is 14.4. The fourth-order valence-corrected chi connectivity index (χ4v) is 2.68. The summed E-state index contributed by atoms with van der Waals surface area (Å²) in [5.41, 5.74) is 0. The van der Waals surface area contributed by atoms with E-state index in [0.29, 0.717) is 19.3 Å². The summed E-state index contributed by atoms with van der Waals surface area (Å²) in [6.45, 7) is 10.2. The summed E-state index contributed by atoms with van der Waals surface area (Å²) < 4.78 is 0. The number of ketones is 1. The van der Waals surface area contributed by atoms with Gasteiger partial charge in [-0.2, -0.15) is 0 Å². The second-order valence-corrected chi connectivity index (χ2v) is 6.44. The Morgan fingerprint density at radius 1 is 1.05 bits per heavy atom. The quantitative estimate of drug-likeness (QED) is 0.740. The lowest BCUT2D eigenvalue weighted by Crippen LogP contribution is -2.39. The lowest BCUT2D eigenvalue weighted by molar-refractivity contribution is -0.133. The van der Waals surface area contributed by atoms with E-state index in [1.54, 1.807) is 0 Å². The molecule has 0 bridgehead atoms. The van der Waals surface area contributed by atoms with E-state index in [-0.39, 0.29) is 17.6 Å². The number of carbonyl (C=O) groups is 2. The number of piperidine rings is 1. The highest BCUT2D eigenvalue weighted by Gasteiger charge is 2.24. The van der Waals surface area contributed by atoms with Crippen LogP contribution in [-0.2, 0) is 9.59 Å². The van der Waals surface area contributed by atoms with Crippen molar-refractivity contribution in [3.05, 3.63) is 0 Å². The first-order valence-corrected chi connectivity index (χ1v) is 7.72. The molecule has 1 heterocycles. The molecule has 1 saturated heterocycles. The SMILES string of the molecule is CC(C)C(=O)CCCC(=O)N1CCC(C(C)C)CC1. The Balaban J connectivity index is 2.23. The van der Waals surface area contributed by atoms with E-state index in [1.165, 1.54) is 0 Å². The van der Waals surface area contributed by atoms with Crippen molar-refractivity contribution in [2.45, 2.75) is 59.8 Å². The van der Waals surface area contributed by atoms with Gasteiger partial charge in [0.15, 0.2) is 0 Å². The fraction of sp³-hybridized carbons (Fsp3) is 0.875. The molecule has 19 heavy (non-hydrogen) atoms. The summed E-state index contributed by atoms with van der Waals surface area (Å²) in [5.74, 6) is 2.09. The van der Waals surface area contributed by atoms with Crippen molar-refractivity contribution >= 4 is 11.7 Å². The van der Waals surface area contributed by atoms with Crippen LogP contribution in [-0.4, -0.2) is 29.7 Å². The molecule has 1 rings (SSSR count). The Kier molecular flexibility index (Phi) is 6.53. The highest BCUT2D eigenvalue weighted by Crippen LogP contribution is 2.24. The number of carbonyl (C=O) groups excluding carboxylic acids is 2. The summed E-state index contributed by atoms with van der Waals surface area (Å²) in [4.78, 5) is 25.5. The van der Waals surface area contributed by atoms with Gasteiger partial charge >= 0.3 is 0 Å². The first kappa shape index (κ1) is 16.2. The number of nitrogens with zero attached hydrogens (tertiary/aromatic N) is 1. The molecule has 1 aliphatic heterocycles. The van der Waals surface area contributed by atoms with E-state index in [2.05, 4.69) is 13.8 Å². The van der Waals surface area contributed by atoms with Crippen molar-refractivity contribution in [3.63, 3.8) is 0 Å². The molecule has 0 radical (unpaired) electrons. The van der Waals surface area contributed by atoms with Crippen LogP contribution in [0, 0.1) is 17.8 Å². The molecular weight excluding hydrogens is 238 g/mol. The monoisotopic (exact) mass is 267 g/mol. The van der Waals surface area contributed by atoms with Gasteiger partial charge in [0.05, 0.1) is 0 Å². The molecule has 0 aromatic heterocycles. The normalized spacial score (nSPS) is 17.3. The Hall–Kier alpha value is -0.860. The van der Waals surface area contributed by atoms with Gasteiger partial charge in [-0.25, -0.2) is 0 Å². The third-order valence-corrected chi connectivity index (χ3v) is 4.29. The molecule has 0 aromatic carbocycles. The Morgan fingerprint density at radius 2 is 1.63 bits per heavy atom. The number of amides is 1. The molecule has 0 saturated carbocycles. The van der Waals surface area contributed by atoms with Crippen LogP contribution in [0.2, 0.25) is 0 Å². The van der Waals surface area contributed by atoms with E-state index in [1.807, 2.05) is 18.7 Å². The maximum absolute atomic E-state index is 12.0. The van der Waals surface area contributed by atoms with Crippen LogP contribution < -0.4 is 0 Å². The standard InChI is InChI=1S/C16H29NO2/c1-12(2)14-8-10-17(11-9-14)16(19)7-5-6-15(18)13(3)4/h12-14H,5-11H2,1-4H3. The van der Waals surface area contributed by atoms with Gasteiger partial charge in [-0.1, -0.05) is 27.7 Å². The minimum Gasteiger partial charge on any atom is -0.343 e. The van der Waals surface area contributed by atoms with E-state index in [4.69, 9.17) is 0 Å². The number of rotatable bonds is 6. The highest BCUT2D eigenvalue weighted by molar-refractivity contribution is 5.81. The average molecular weight is 267 g/mol. The van der Waals surface area contributed by atoms with Crippen LogP contribution in [0.1, 0.15) is 59.8 Å². The molecule has 0 N–H and O–H groups in total. The second-order valence-electron chi connectivity index (χ2n) is 6.44. The van der Waals surface area contributed by atoms with Gasteiger partial charge in [0.2, 0.25) is 5.91 Å². The summed E-state index contributed by atoms with van der Waals surface area (Å²) in [5, 5.41) is 0. The average Bonchev–Trinajstić information content (AvgIpc) is 2.38. The van der Waals surface area contributed by atoms with Crippen LogP contribution in [0.15, 0.2) is 0 Å². The molecule has 0 aliphatic carbocycles. The van der Waals surface area contributed by atoms with Crippen molar-refractivity contribution in [1.29, 1.82) is 0 Å². The van der Waals surface area contributed by atoms with Gasteiger partial charge < -0.3 is 4.90 Å². The predicted molar refractivity (Wildman–Crippen MR) is 77.8 cm³/mol. The van der Waals surface area contributed by atoms with Crippen LogP contribution in [0.25, 0.3) is 0 Å². The second kappa shape index (κ2) is 7.66. The van der Waals surface area contributed by atoms with Crippen LogP contribution in [0.4, 0.5) is 0 Å². The molecule has 1 fully saturated rings. The maximum atomic E-state index is 12.0.